The van der Waals surface area contributed by atoms with Gasteiger partial charge in [-0.3, -0.25) is 4.79 Å². The van der Waals surface area contributed by atoms with E-state index >= 15 is 0 Å². The lowest BCUT2D eigenvalue weighted by Crippen LogP contribution is -2.09. The Morgan fingerprint density at radius 3 is 2.67 bits per heavy atom. The van der Waals surface area contributed by atoms with Crippen molar-refractivity contribution in [2.24, 2.45) is 0 Å². The summed E-state index contributed by atoms with van der Waals surface area (Å²) < 4.78 is 24.6. The normalized spacial score (nSPS) is 10.8. The molecule has 0 aliphatic heterocycles. The number of pyridine rings is 1. The van der Waals surface area contributed by atoms with Crippen molar-refractivity contribution < 1.29 is 8.78 Å². The molecule has 0 bridgehead atoms. The molecule has 0 amide bonds. The first-order valence-corrected chi connectivity index (χ1v) is 4.34. The van der Waals surface area contributed by atoms with Gasteiger partial charge >= 0.3 is 0 Å². The second-order valence-corrected chi connectivity index (χ2v) is 3.55. The number of aromatic amines is 1. The Morgan fingerprint density at radius 1 is 1.58 bits per heavy atom. The number of nitrogens with one attached hydrogen (secondary N) is 1. The minimum Gasteiger partial charge on any atom is -0.320 e. The fourth-order valence-electron chi connectivity index (χ4n) is 0.681. The van der Waals surface area contributed by atoms with Crippen molar-refractivity contribution in [3.05, 3.63) is 30.7 Å². The maximum absolute atomic E-state index is 12.1. The molecule has 1 rings (SSSR count). The molecule has 0 spiro atoms. The number of rotatable bonds is 1. The topological polar surface area (TPSA) is 32.9 Å². The number of hydrogen-bond donors (Lipinski definition) is 1. The van der Waals surface area contributed by atoms with E-state index in [1.54, 1.807) is 22.6 Å². The Morgan fingerprint density at radius 2 is 2.17 bits per heavy atom. The SMILES string of the molecule is O=c1cc(I)c(Cl)c(C(F)F)[nH]1. The minimum absolute atomic E-state index is 0.0924. The quantitative estimate of drug-likeness (QED) is 0.795. The first-order chi connectivity index (χ1) is 5.52. The second kappa shape index (κ2) is 3.69. The summed E-state index contributed by atoms with van der Waals surface area (Å²) >= 11 is 7.23. The summed E-state index contributed by atoms with van der Waals surface area (Å²) in [5.74, 6) is 0. The van der Waals surface area contributed by atoms with Gasteiger partial charge in [-0.1, -0.05) is 11.6 Å². The van der Waals surface area contributed by atoms with Crippen LogP contribution in [0.2, 0.25) is 5.02 Å². The Balaban J connectivity index is 3.38. The number of aromatic nitrogens is 1. The molecule has 0 unspecified atom stereocenters. The number of alkyl halides is 2. The summed E-state index contributed by atoms with van der Waals surface area (Å²) in [6.07, 6.45) is -2.75. The molecule has 0 saturated carbocycles. The summed E-state index contributed by atoms with van der Waals surface area (Å²) in [6.45, 7) is 0. The molecule has 0 aliphatic rings. The Hall–Kier alpha value is -0.170. The van der Waals surface area contributed by atoms with E-state index in [2.05, 4.69) is 0 Å². The first kappa shape index (κ1) is 9.91. The van der Waals surface area contributed by atoms with Crippen molar-refractivity contribution in [1.29, 1.82) is 0 Å². The van der Waals surface area contributed by atoms with Crippen LogP contribution < -0.4 is 5.56 Å². The predicted molar refractivity (Wildman–Crippen MR) is 49.7 cm³/mol. The average molecular weight is 305 g/mol. The zero-order valence-electron chi connectivity index (χ0n) is 5.57. The fourth-order valence-corrected chi connectivity index (χ4v) is 1.44. The standard InChI is InChI=1S/C6H3ClF2INO/c7-4-2(10)1-3(12)11-5(4)6(8)9/h1,6H,(H,11,12). The van der Waals surface area contributed by atoms with Gasteiger partial charge in [0.15, 0.2) is 0 Å². The molecule has 0 radical (unpaired) electrons. The molecule has 1 aromatic rings. The molecular weight excluding hydrogens is 302 g/mol. The highest BCUT2D eigenvalue weighted by atomic mass is 127. The van der Waals surface area contributed by atoms with Crippen LogP contribution in [0.25, 0.3) is 0 Å². The maximum atomic E-state index is 12.1. The molecule has 0 atom stereocenters. The lowest BCUT2D eigenvalue weighted by atomic mass is 10.3. The Kier molecular flexibility index (Phi) is 3.05. The number of H-pyrrole nitrogens is 1. The summed E-state index contributed by atoms with van der Waals surface area (Å²) in [6, 6.07) is 1.16. The van der Waals surface area contributed by atoms with Crippen LogP contribution in [0.1, 0.15) is 12.1 Å². The zero-order chi connectivity index (χ0) is 9.30. The van der Waals surface area contributed by atoms with Crippen molar-refractivity contribution in [2.45, 2.75) is 6.43 Å². The van der Waals surface area contributed by atoms with Gasteiger partial charge in [-0.15, -0.1) is 0 Å². The van der Waals surface area contributed by atoms with Gasteiger partial charge in [0.05, 0.1) is 5.02 Å². The number of hydrogen-bond acceptors (Lipinski definition) is 1. The lowest BCUT2D eigenvalue weighted by molar-refractivity contribution is 0.146. The van der Waals surface area contributed by atoms with Crippen LogP contribution in [0.3, 0.4) is 0 Å². The van der Waals surface area contributed by atoms with Crippen LogP contribution in [0.5, 0.6) is 0 Å². The summed E-state index contributed by atoms with van der Waals surface area (Å²) in [5.41, 5.74) is -1.09. The second-order valence-electron chi connectivity index (χ2n) is 2.01. The smallest absolute Gasteiger partial charge is 0.279 e. The van der Waals surface area contributed by atoms with Crippen molar-refractivity contribution in [3.8, 4) is 0 Å². The highest BCUT2D eigenvalue weighted by molar-refractivity contribution is 14.1. The Labute approximate surface area is 85.1 Å². The predicted octanol–water partition coefficient (Wildman–Crippen LogP) is 2.57. The highest BCUT2D eigenvalue weighted by Gasteiger charge is 2.15. The molecule has 1 aromatic heterocycles. The minimum atomic E-state index is -2.75. The molecule has 0 aliphatic carbocycles. The summed E-state index contributed by atoms with van der Waals surface area (Å²) in [5, 5.41) is -0.0924. The van der Waals surface area contributed by atoms with Gasteiger partial charge in [0, 0.05) is 9.64 Å². The third kappa shape index (κ3) is 1.95. The van der Waals surface area contributed by atoms with Crippen LogP contribution in [0, 0.1) is 3.57 Å². The largest absolute Gasteiger partial charge is 0.320 e. The van der Waals surface area contributed by atoms with E-state index in [1.807, 2.05) is 4.98 Å². The van der Waals surface area contributed by atoms with E-state index < -0.39 is 17.7 Å². The van der Waals surface area contributed by atoms with Gasteiger partial charge in [0.2, 0.25) is 5.56 Å². The zero-order valence-corrected chi connectivity index (χ0v) is 8.49. The van der Waals surface area contributed by atoms with E-state index in [1.165, 1.54) is 0 Å². The Bertz CT molecular complexity index is 352. The summed E-state index contributed by atoms with van der Waals surface area (Å²) in [7, 11) is 0. The van der Waals surface area contributed by atoms with Crippen molar-refractivity contribution in [1.82, 2.24) is 4.98 Å². The fraction of sp³-hybridized carbons (Fsp3) is 0.167. The van der Waals surface area contributed by atoms with Crippen molar-refractivity contribution in [3.63, 3.8) is 0 Å². The van der Waals surface area contributed by atoms with Crippen LogP contribution in [0.15, 0.2) is 10.9 Å². The third-order valence-corrected chi connectivity index (χ3v) is 2.76. The summed E-state index contributed by atoms with van der Waals surface area (Å²) in [4.78, 5) is 12.7. The molecule has 1 heterocycles. The van der Waals surface area contributed by atoms with E-state index in [9.17, 15) is 13.6 Å². The highest BCUT2D eigenvalue weighted by Crippen LogP contribution is 2.26. The first-order valence-electron chi connectivity index (χ1n) is 2.88. The molecular formula is C6H3ClF2INO. The van der Waals surface area contributed by atoms with Crippen LogP contribution in [0.4, 0.5) is 8.78 Å². The van der Waals surface area contributed by atoms with Crippen molar-refractivity contribution in [2.75, 3.05) is 0 Å². The molecule has 0 saturated heterocycles. The molecule has 0 aromatic carbocycles. The van der Waals surface area contributed by atoms with Crippen molar-refractivity contribution >= 4 is 34.2 Å². The van der Waals surface area contributed by atoms with E-state index in [4.69, 9.17) is 11.6 Å². The molecule has 12 heavy (non-hydrogen) atoms. The van der Waals surface area contributed by atoms with E-state index in [-0.39, 0.29) is 5.02 Å². The monoisotopic (exact) mass is 305 g/mol. The molecule has 2 nitrogen and oxygen atoms in total. The van der Waals surface area contributed by atoms with Crippen LogP contribution >= 0.6 is 34.2 Å². The molecule has 66 valence electrons. The third-order valence-electron chi connectivity index (χ3n) is 1.18. The molecule has 1 N–H and O–H groups in total. The number of halogens is 4. The molecule has 0 fully saturated rings. The van der Waals surface area contributed by atoms with Gasteiger partial charge in [-0.2, -0.15) is 0 Å². The van der Waals surface area contributed by atoms with E-state index in [0.717, 1.165) is 6.07 Å². The lowest BCUT2D eigenvalue weighted by Gasteiger charge is -2.02. The van der Waals surface area contributed by atoms with Gasteiger partial charge in [-0.05, 0) is 22.6 Å². The van der Waals surface area contributed by atoms with Crippen LogP contribution in [-0.2, 0) is 0 Å². The van der Waals surface area contributed by atoms with Crippen LogP contribution in [-0.4, -0.2) is 4.98 Å². The van der Waals surface area contributed by atoms with Gasteiger partial charge < -0.3 is 4.98 Å². The average Bonchev–Trinajstić information content (AvgIpc) is 1.96. The van der Waals surface area contributed by atoms with Gasteiger partial charge in [-0.25, -0.2) is 8.78 Å². The molecule has 6 heteroatoms. The van der Waals surface area contributed by atoms with Gasteiger partial charge in [0.25, 0.3) is 6.43 Å². The van der Waals surface area contributed by atoms with E-state index in [0.29, 0.717) is 3.57 Å². The van der Waals surface area contributed by atoms with Gasteiger partial charge in [0.1, 0.15) is 5.69 Å². The maximum Gasteiger partial charge on any atom is 0.279 e.